The summed E-state index contributed by atoms with van der Waals surface area (Å²) < 4.78 is 38.9. The minimum atomic E-state index is -0.977. The Morgan fingerprint density at radius 2 is 2.09 bits per heavy atom. The second kappa shape index (κ2) is 7.99. The highest BCUT2D eigenvalue weighted by Gasteiger charge is 2.53. The van der Waals surface area contributed by atoms with Crippen LogP contribution < -0.4 is 10.1 Å². The highest BCUT2D eigenvalue weighted by atomic mass is 19.1. The number of aliphatic hydroxyl groups excluding tert-OH is 1. The van der Waals surface area contributed by atoms with Crippen LogP contribution in [0.15, 0.2) is 36.4 Å². The molecule has 1 aliphatic carbocycles. The number of carbonyl (C=O) groups is 1. The minimum Gasteiger partial charge on any atom is -0.487 e. The number of halogens is 2. The van der Waals surface area contributed by atoms with E-state index in [4.69, 9.17) is 9.47 Å². The predicted molar refractivity (Wildman–Crippen MR) is 110 cm³/mol. The van der Waals surface area contributed by atoms with E-state index in [1.54, 1.807) is 24.3 Å². The van der Waals surface area contributed by atoms with Gasteiger partial charge in [-0.15, -0.1) is 0 Å². The average molecular weight is 446 g/mol. The zero-order valence-corrected chi connectivity index (χ0v) is 17.3. The average Bonchev–Trinajstić information content (AvgIpc) is 3.20. The van der Waals surface area contributed by atoms with Crippen molar-refractivity contribution in [2.75, 3.05) is 25.0 Å². The normalized spacial score (nSPS) is 27.9. The van der Waals surface area contributed by atoms with Gasteiger partial charge in [-0.05, 0) is 36.2 Å². The van der Waals surface area contributed by atoms with Crippen molar-refractivity contribution in [1.29, 1.82) is 0 Å². The number of para-hydroxylation sites is 1. The van der Waals surface area contributed by atoms with Crippen LogP contribution in [0.5, 0.6) is 5.75 Å². The zero-order chi connectivity index (χ0) is 22.5. The van der Waals surface area contributed by atoms with Crippen molar-refractivity contribution < 1.29 is 33.3 Å². The van der Waals surface area contributed by atoms with Gasteiger partial charge in [-0.1, -0.05) is 12.1 Å². The van der Waals surface area contributed by atoms with E-state index in [9.17, 15) is 23.8 Å². The van der Waals surface area contributed by atoms with Crippen molar-refractivity contribution in [3.8, 4) is 5.75 Å². The second-order valence-electron chi connectivity index (χ2n) is 8.86. The smallest absolute Gasteiger partial charge is 0.412 e. The number of hydrogen-bond donors (Lipinski definition) is 3. The number of anilines is 1. The number of cyclic esters (lactones) is 1. The summed E-state index contributed by atoms with van der Waals surface area (Å²) in [6.07, 6.45) is -0.997. The molecule has 2 heterocycles. The molecule has 2 aliphatic heterocycles. The van der Waals surface area contributed by atoms with Gasteiger partial charge in [0.1, 0.15) is 18.5 Å². The molecule has 5 rings (SSSR count). The number of benzene rings is 2. The van der Waals surface area contributed by atoms with Crippen LogP contribution >= 0.6 is 0 Å². The Hall–Kier alpha value is -2.75. The highest BCUT2D eigenvalue weighted by Crippen LogP contribution is 2.43. The fraction of sp³-hybridized carbons (Fsp3) is 0.435. The number of aliphatic hydroxyl groups is 2. The number of nitrogens with one attached hydrogen (secondary N) is 1. The number of fused-ring (bicyclic) bond motifs is 2. The van der Waals surface area contributed by atoms with Gasteiger partial charge < -0.3 is 19.7 Å². The van der Waals surface area contributed by atoms with Gasteiger partial charge >= 0.3 is 6.09 Å². The molecule has 7 nitrogen and oxygen atoms in total. The largest absolute Gasteiger partial charge is 0.487 e. The predicted octanol–water partition coefficient (Wildman–Crippen LogP) is 2.96. The summed E-state index contributed by atoms with van der Waals surface area (Å²) in [5.41, 5.74) is -0.0628. The molecule has 1 amide bonds. The lowest BCUT2D eigenvalue weighted by atomic mass is 9.95. The molecule has 1 saturated heterocycles. The summed E-state index contributed by atoms with van der Waals surface area (Å²) in [5.74, 6) is -0.930. The van der Waals surface area contributed by atoms with Gasteiger partial charge in [-0.3, -0.25) is 10.2 Å². The van der Waals surface area contributed by atoms with Crippen LogP contribution in [0, 0.1) is 17.6 Å². The molecule has 0 aromatic heterocycles. The van der Waals surface area contributed by atoms with Gasteiger partial charge in [0, 0.05) is 37.5 Å². The Kier molecular flexibility index (Phi) is 5.27. The number of rotatable bonds is 5. The third-order valence-corrected chi connectivity index (χ3v) is 6.59. The van der Waals surface area contributed by atoms with Crippen LogP contribution in [0.1, 0.15) is 30.1 Å². The molecular weight excluding hydrogens is 422 g/mol. The molecule has 0 radical (unpaired) electrons. The number of hydrogen-bond acceptors (Lipinski definition) is 6. The van der Waals surface area contributed by atoms with E-state index in [1.165, 1.54) is 12.1 Å². The van der Waals surface area contributed by atoms with Crippen LogP contribution in [-0.2, 0) is 11.3 Å². The van der Waals surface area contributed by atoms with Crippen molar-refractivity contribution in [3.05, 3.63) is 59.2 Å². The number of carbonyl (C=O) groups excluding carboxylic acids is 1. The topological polar surface area (TPSA) is 91.3 Å². The quantitative estimate of drug-likeness (QED) is 0.654. The molecule has 2 aromatic rings. The summed E-state index contributed by atoms with van der Waals surface area (Å²) in [6, 6.07) is 9.04. The Balaban J connectivity index is 1.21. The molecular formula is C23H24F2N2O5. The first kappa shape index (κ1) is 21.1. The van der Waals surface area contributed by atoms with E-state index < -0.39 is 29.4 Å². The Morgan fingerprint density at radius 1 is 1.28 bits per heavy atom. The van der Waals surface area contributed by atoms with Gasteiger partial charge in [0.2, 0.25) is 0 Å². The number of ether oxygens (including phenoxy) is 2. The van der Waals surface area contributed by atoms with E-state index in [2.05, 4.69) is 5.32 Å². The summed E-state index contributed by atoms with van der Waals surface area (Å²) >= 11 is 0. The molecule has 32 heavy (non-hydrogen) atoms. The third kappa shape index (κ3) is 3.92. The molecule has 9 heteroatoms. The maximum absolute atomic E-state index is 14.4. The molecule has 1 saturated carbocycles. The number of likely N-dealkylation sites (tertiary alicyclic amines) is 1. The van der Waals surface area contributed by atoms with Crippen LogP contribution in [0.3, 0.4) is 0 Å². The van der Waals surface area contributed by atoms with Gasteiger partial charge in [0.15, 0.2) is 11.6 Å². The molecule has 3 N–H and O–H groups in total. The van der Waals surface area contributed by atoms with Crippen LogP contribution in [0.25, 0.3) is 0 Å². The molecule has 3 aliphatic rings. The molecule has 0 spiro atoms. The van der Waals surface area contributed by atoms with Crippen molar-refractivity contribution in [1.82, 2.24) is 4.90 Å². The number of amides is 1. The van der Waals surface area contributed by atoms with Crippen molar-refractivity contribution in [2.45, 2.75) is 37.3 Å². The first-order chi connectivity index (χ1) is 15.3. The van der Waals surface area contributed by atoms with Crippen LogP contribution in [0.2, 0.25) is 0 Å². The summed E-state index contributed by atoms with van der Waals surface area (Å²) in [4.78, 5) is 13.2. The van der Waals surface area contributed by atoms with Crippen molar-refractivity contribution >= 4 is 11.8 Å². The van der Waals surface area contributed by atoms with Gasteiger partial charge in [-0.2, -0.15) is 0 Å². The van der Waals surface area contributed by atoms with Gasteiger partial charge in [-0.25, -0.2) is 13.6 Å². The monoisotopic (exact) mass is 446 g/mol. The molecule has 2 aromatic carbocycles. The molecule has 0 unspecified atom stereocenters. The third-order valence-electron chi connectivity index (χ3n) is 6.59. The maximum Gasteiger partial charge on any atom is 0.412 e. The lowest BCUT2D eigenvalue weighted by Gasteiger charge is -2.26. The van der Waals surface area contributed by atoms with E-state index in [-0.39, 0.29) is 36.6 Å². The van der Waals surface area contributed by atoms with Gasteiger partial charge in [0.05, 0.1) is 17.4 Å². The Bertz CT molecular complexity index is 1050. The standard InChI is InChI=1S/C23H24F2N2O5/c24-17-3-1-2-4-20(17)32-16-7-15-9-27(12-23(15,30)8-16)10-19(28)13-5-14-11-31-22(29)26-21(14)18(25)6-13/h1-6,15-16,19,28,30H,7-12H2,(H,26,29)/t15-,16+,19+,23-/m1/s1. The molecule has 2 fully saturated rings. The summed E-state index contributed by atoms with van der Waals surface area (Å²) in [5, 5.41) is 24.1. The maximum atomic E-state index is 14.4. The summed E-state index contributed by atoms with van der Waals surface area (Å²) in [7, 11) is 0. The fourth-order valence-corrected chi connectivity index (χ4v) is 5.10. The SMILES string of the molecule is O=C1Nc2c(F)cc([C@@H](O)CN3C[C@H]4C[C@H](Oc5ccccc5F)C[C@@]4(O)C3)cc2CO1. The van der Waals surface area contributed by atoms with Crippen LogP contribution in [-0.4, -0.2) is 52.5 Å². The summed E-state index contributed by atoms with van der Waals surface area (Å²) in [6.45, 7) is 1.06. The Labute approximate surface area is 183 Å². The second-order valence-corrected chi connectivity index (χ2v) is 8.86. The molecule has 170 valence electrons. The van der Waals surface area contributed by atoms with E-state index >= 15 is 0 Å². The Morgan fingerprint density at radius 3 is 2.88 bits per heavy atom. The van der Waals surface area contributed by atoms with E-state index in [0.29, 0.717) is 37.1 Å². The first-order valence-corrected chi connectivity index (χ1v) is 10.6. The lowest BCUT2D eigenvalue weighted by molar-refractivity contribution is 0.0175. The van der Waals surface area contributed by atoms with Crippen molar-refractivity contribution in [3.63, 3.8) is 0 Å². The van der Waals surface area contributed by atoms with Gasteiger partial charge in [0.25, 0.3) is 0 Å². The first-order valence-electron chi connectivity index (χ1n) is 10.6. The van der Waals surface area contributed by atoms with E-state index in [1.807, 2.05) is 4.90 Å². The minimum absolute atomic E-state index is 0.0599. The zero-order valence-electron chi connectivity index (χ0n) is 17.3. The van der Waals surface area contributed by atoms with E-state index in [0.717, 1.165) is 0 Å². The number of nitrogens with zero attached hydrogens (tertiary/aromatic N) is 1. The number of β-amino-alcohol motifs (C(OH)–C–C–N with tert-alkyl or cyclic N) is 2. The highest BCUT2D eigenvalue weighted by molar-refractivity contribution is 5.87. The molecule has 0 bridgehead atoms. The van der Waals surface area contributed by atoms with Crippen molar-refractivity contribution in [2.24, 2.45) is 5.92 Å². The lowest BCUT2D eigenvalue weighted by Crippen LogP contribution is -2.36. The molecule has 4 atom stereocenters. The fourth-order valence-electron chi connectivity index (χ4n) is 5.10. The van der Waals surface area contributed by atoms with Crippen LogP contribution in [0.4, 0.5) is 19.3 Å².